The van der Waals surface area contributed by atoms with Gasteiger partial charge in [-0.2, -0.15) is 0 Å². The number of morpholine rings is 1. The van der Waals surface area contributed by atoms with Gasteiger partial charge in [-0.05, 0) is 44.4 Å². The van der Waals surface area contributed by atoms with Crippen LogP contribution in [0.4, 0.5) is 0 Å². The monoisotopic (exact) mass is 395 g/mol. The van der Waals surface area contributed by atoms with Crippen LogP contribution in [-0.4, -0.2) is 61.4 Å². The van der Waals surface area contributed by atoms with E-state index in [9.17, 15) is 4.79 Å². The van der Waals surface area contributed by atoms with Crippen LogP contribution in [-0.2, 0) is 14.3 Å². The second-order valence-corrected chi connectivity index (χ2v) is 8.39. The number of hydrogen-bond acceptors (Lipinski definition) is 5. The topological polar surface area (TPSA) is 76.8 Å². The fraction of sp³-hybridized carbons (Fsp3) is 0.650. The molecular formula is C20H30ClN3O3. The third kappa shape index (κ3) is 5.42. The van der Waals surface area contributed by atoms with Crippen LogP contribution in [0.15, 0.2) is 24.3 Å². The number of benzene rings is 1. The summed E-state index contributed by atoms with van der Waals surface area (Å²) in [6, 6.07) is 7.89. The van der Waals surface area contributed by atoms with E-state index in [2.05, 4.69) is 24.1 Å². The molecule has 27 heavy (non-hydrogen) atoms. The van der Waals surface area contributed by atoms with Crippen molar-refractivity contribution in [2.45, 2.75) is 50.5 Å². The van der Waals surface area contributed by atoms with Gasteiger partial charge in [-0.25, -0.2) is 0 Å². The maximum Gasteiger partial charge on any atom is 0.249 e. The van der Waals surface area contributed by atoms with Gasteiger partial charge in [0.2, 0.25) is 5.91 Å². The second-order valence-electron chi connectivity index (χ2n) is 7.95. The molecule has 1 unspecified atom stereocenters. The zero-order chi connectivity index (χ0) is 19.4. The maximum atomic E-state index is 12.6. The summed E-state index contributed by atoms with van der Waals surface area (Å²) < 4.78 is 11.6. The highest BCUT2D eigenvalue weighted by atomic mass is 35.5. The smallest absolute Gasteiger partial charge is 0.249 e. The molecule has 150 valence electrons. The lowest BCUT2D eigenvalue weighted by atomic mass is 10.0. The van der Waals surface area contributed by atoms with E-state index in [0.717, 1.165) is 31.5 Å². The number of halogens is 1. The molecule has 0 aromatic heterocycles. The molecule has 2 aliphatic rings. The van der Waals surface area contributed by atoms with Crippen molar-refractivity contribution in [1.29, 1.82) is 0 Å². The van der Waals surface area contributed by atoms with Crippen LogP contribution < -0.4 is 11.1 Å². The summed E-state index contributed by atoms with van der Waals surface area (Å²) >= 11 is 6.06. The largest absolute Gasteiger partial charge is 0.373 e. The van der Waals surface area contributed by atoms with Crippen molar-refractivity contribution in [1.82, 2.24) is 10.2 Å². The fourth-order valence-electron chi connectivity index (χ4n) is 3.84. The van der Waals surface area contributed by atoms with Crippen LogP contribution in [0.2, 0.25) is 5.02 Å². The first-order valence-corrected chi connectivity index (χ1v) is 10.0. The lowest BCUT2D eigenvalue weighted by molar-refractivity contribution is -0.132. The van der Waals surface area contributed by atoms with Crippen LogP contribution in [0.1, 0.15) is 38.3 Å². The number of rotatable bonds is 6. The summed E-state index contributed by atoms with van der Waals surface area (Å²) in [5.41, 5.74) is 6.56. The molecule has 3 rings (SSSR count). The number of nitrogens with zero attached hydrogens (tertiary/aromatic N) is 1. The highest BCUT2D eigenvalue weighted by molar-refractivity contribution is 6.30. The maximum absolute atomic E-state index is 12.6. The normalized spacial score (nSPS) is 26.7. The van der Waals surface area contributed by atoms with E-state index >= 15 is 0 Å². The van der Waals surface area contributed by atoms with Crippen molar-refractivity contribution in [2.75, 3.05) is 32.8 Å². The molecule has 7 heteroatoms. The van der Waals surface area contributed by atoms with Gasteiger partial charge in [0.15, 0.2) is 0 Å². The molecule has 6 nitrogen and oxygen atoms in total. The highest BCUT2D eigenvalue weighted by Crippen LogP contribution is 2.28. The van der Waals surface area contributed by atoms with Crippen LogP contribution >= 0.6 is 11.6 Å². The number of hydrogen-bond donors (Lipinski definition) is 2. The van der Waals surface area contributed by atoms with Crippen LogP contribution in [0, 0.1) is 0 Å². The van der Waals surface area contributed by atoms with Crippen molar-refractivity contribution < 1.29 is 14.3 Å². The number of carbonyl (C=O) groups is 1. The van der Waals surface area contributed by atoms with Gasteiger partial charge in [-0.3, -0.25) is 9.69 Å². The van der Waals surface area contributed by atoms with Gasteiger partial charge < -0.3 is 20.5 Å². The van der Waals surface area contributed by atoms with Gasteiger partial charge in [-0.1, -0.05) is 23.7 Å². The number of amides is 1. The lowest BCUT2D eigenvalue weighted by Crippen LogP contribution is -2.52. The Labute approximate surface area is 166 Å². The van der Waals surface area contributed by atoms with E-state index in [-0.39, 0.29) is 23.7 Å². The van der Waals surface area contributed by atoms with E-state index < -0.39 is 6.10 Å². The average Bonchev–Trinajstić information content (AvgIpc) is 3.12. The van der Waals surface area contributed by atoms with Gasteiger partial charge in [0.25, 0.3) is 0 Å². The first-order valence-electron chi connectivity index (χ1n) is 9.65. The zero-order valence-electron chi connectivity index (χ0n) is 16.1. The minimum absolute atomic E-state index is 0.00662. The summed E-state index contributed by atoms with van der Waals surface area (Å²) in [5, 5.41) is 3.79. The third-order valence-corrected chi connectivity index (χ3v) is 5.54. The lowest BCUT2D eigenvalue weighted by Gasteiger charge is -2.42. The Kier molecular flexibility index (Phi) is 6.76. The van der Waals surface area contributed by atoms with Gasteiger partial charge in [-0.15, -0.1) is 0 Å². The molecule has 0 aliphatic carbocycles. The molecule has 3 N–H and O–H groups in total. The molecule has 2 heterocycles. The average molecular weight is 396 g/mol. The van der Waals surface area contributed by atoms with Crippen molar-refractivity contribution in [3.63, 3.8) is 0 Å². The predicted octanol–water partition coefficient (Wildman–Crippen LogP) is 2.11. The minimum Gasteiger partial charge on any atom is -0.373 e. The van der Waals surface area contributed by atoms with Crippen LogP contribution in [0.3, 0.4) is 0 Å². The SMILES string of the molecule is CC1(C)CN(C(CNC(=O)[C@@H]2CC[C@H](CN)O2)c2ccc(Cl)cc2)CCO1. The molecular weight excluding hydrogens is 366 g/mol. The van der Waals surface area contributed by atoms with Gasteiger partial charge >= 0.3 is 0 Å². The molecule has 0 radical (unpaired) electrons. The summed E-state index contributed by atoms with van der Waals surface area (Å²) in [6.45, 7) is 7.46. The van der Waals surface area contributed by atoms with Crippen molar-refractivity contribution in [3.05, 3.63) is 34.9 Å². The Morgan fingerprint density at radius 2 is 2.11 bits per heavy atom. The highest BCUT2D eigenvalue weighted by Gasteiger charge is 2.34. The van der Waals surface area contributed by atoms with E-state index in [4.69, 9.17) is 26.8 Å². The van der Waals surface area contributed by atoms with Crippen LogP contribution in [0.5, 0.6) is 0 Å². The minimum atomic E-state index is -0.398. The zero-order valence-corrected chi connectivity index (χ0v) is 16.9. The molecule has 1 aromatic carbocycles. The Bertz CT molecular complexity index is 638. The van der Waals surface area contributed by atoms with Crippen molar-refractivity contribution in [2.24, 2.45) is 5.73 Å². The summed E-state index contributed by atoms with van der Waals surface area (Å²) in [7, 11) is 0. The van der Waals surface area contributed by atoms with Crippen molar-refractivity contribution >= 4 is 17.5 Å². The van der Waals surface area contributed by atoms with E-state index in [1.807, 2.05) is 24.3 Å². The Hall–Kier alpha value is -1.18. The molecule has 3 atom stereocenters. The van der Waals surface area contributed by atoms with E-state index in [1.54, 1.807) is 0 Å². The van der Waals surface area contributed by atoms with Crippen molar-refractivity contribution in [3.8, 4) is 0 Å². The second kappa shape index (κ2) is 8.88. The summed E-state index contributed by atoms with van der Waals surface area (Å²) in [6.07, 6.45) is 1.16. The molecule has 0 saturated carbocycles. The molecule has 2 aliphatic heterocycles. The summed E-state index contributed by atoms with van der Waals surface area (Å²) in [4.78, 5) is 14.9. The molecule has 0 bridgehead atoms. The number of nitrogens with two attached hydrogens (primary N) is 1. The molecule has 2 fully saturated rings. The third-order valence-electron chi connectivity index (χ3n) is 5.28. The first kappa shape index (κ1) is 20.6. The Morgan fingerprint density at radius 3 is 2.74 bits per heavy atom. The first-order chi connectivity index (χ1) is 12.9. The molecule has 0 spiro atoms. The quantitative estimate of drug-likeness (QED) is 0.771. The molecule has 1 amide bonds. The van der Waals surface area contributed by atoms with E-state index in [0.29, 0.717) is 24.7 Å². The fourth-order valence-corrected chi connectivity index (χ4v) is 3.97. The summed E-state index contributed by atoms with van der Waals surface area (Å²) in [5.74, 6) is -0.0579. The standard InChI is InChI=1S/C20H30ClN3O3/c1-20(2)13-24(9-10-26-20)17(14-3-5-15(21)6-4-14)12-23-19(25)18-8-7-16(11-22)27-18/h3-6,16-18H,7-13,22H2,1-2H3,(H,23,25)/t16-,17?,18+/m1/s1. The van der Waals surface area contributed by atoms with Gasteiger partial charge in [0, 0.05) is 31.2 Å². The van der Waals surface area contributed by atoms with Gasteiger partial charge in [0.1, 0.15) is 6.10 Å². The predicted molar refractivity (Wildman–Crippen MR) is 106 cm³/mol. The van der Waals surface area contributed by atoms with E-state index in [1.165, 1.54) is 0 Å². The Morgan fingerprint density at radius 1 is 1.37 bits per heavy atom. The number of carbonyl (C=O) groups excluding carboxylic acids is 1. The number of nitrogens with one attached hydrogen (secondary N) is 1. The Balaban J connectivity index is 1.68. The molecule has 1 aromatic rings. The van der Waals surface area contributed by atoms with Crippen LogP contribution in [0.25, 0.3) is 0 Å². The number of ether oxygens (including phenoxy) is 2. The molecule has 2 saturated heterocycles. The van der Waals surface area contributed by atoms with Gasteiger partial charge in [0.05, 0.1) is 24.4 Å².